The smallest absolute Gasteiger partial charge is 0.318 e. The van der Waals surface area contributed by atoms with E-state index in [0.29, 0.717) is 30.0 Å². The normalized spacial score (nSPS) is 15.7. The molecule has 0 aliphatic carbocycles. The van der Waals surface area contributed by atoms with Crippen LogP contribution < -0.4 is 5.32 Å². The van der Waals surface area contributed by atoms with Crippen molar-refractivity contribution >= 4 is 22.9 Å². The molecule has 0 spiro atoms. The second-order valence-electron chi connectivity index (χ2n) is 11.5. The maximum Gasteiger partial charge on any atom is 0.318 e. The number of piperidine rings is 1. The van der Waals surface area contributed by atoms with Crippen molar-refractivity contribution in [2.24, 2.45) is 0 Å². The van der Waals surface area contributed by atoms with Gasteiger partial charge in [0.05, 0.1) is 6.54 Å². The van der Waals surface area contributed by atoms with Gasteiger partial charge in [0.2, 0.25) is 0 Å². The number of amides is 3. The van der Waals surface area contributed by atoms with Crippen molar-refractivity contribution in [3.05, 3.63) is 113 Å². The first-order chi connectivity index (χ1) is 21.7. The summed E-state index contributed by atoms with van der Waals surface area (Å²) in [6, 6.07) is 20.7. The Morgan fingerprint density at radius 1 is 0.844 bits per heavy atom. The summed E-state index contributed by atoms with van der Waals surface area (Å²) in [7, 11) is 0. The molecule has 0 radical (unpaired) electrons. The van der Waals surface area contributed by atoms with E-state index in [9.17, 15) is 22.8 Å². The lowest BCUT2D eigenvalue weighted by Gasteiger charge is -2.31. The number of alkyl halides is 2. The van der Waals surface area contributed by atoms with E-state index in [4.69, 9.17) is 4.42 Å². The number of pyridine rings is 1. The van der Waals surface area contributed by atoms with Gasteiger partial charge in [-0.3, -0.25) is 9.78 Å². The lowest BCUT2D eigenvalue weighted by atomic mass is 9.96. The quantitative estimate of drug-likeness (QED) is 0.225. The molecule has 1 fully saturated rings. The van der Waals surface area contributed by atoms with Crippen LogP contribution in [-0.4, -0.2) is 45.7 Å². The lowest BCUT2D eigenvalue weighted by Crippen LogP contribution is -2.42. The first-order valence-electron chi connectivity index (χ1n) is 14.8. The summed E-state index contributed by atoms with van der Waals surface area (Å²) < 4.78 is 47.2. The summed E-state index contributed by atoms with van der Waals surface area (Å²) >= 11 is 0. The van der Waals surface area contributed by atoms with Gasteiger partial charge in [-0.25, -0.2) is 18.0 Å². The van der Waals surface area contributed by atoms with Crippen molar-refractivity contribution in [2.45, 2.75) is 38.4 Å². The highest BCUT2D eigenvalue weighted by Gasteiger charge is 2.35. The molecule has 4 heterocycles. The predicted molar refractivity (Wildman–Crippen MR) is 163 cm³/mol. The summed E-state index contributed by atoms with van der Waals surface area (Å²) in [6.07, 6.45) is 2.84. The molecule has 0 unspecified atom stereocenters. The molecule has 3 amide bonds. The standard InChI is InChI=1S/C35H29F3N4O3/c36-29-7-5-23(6-8-29)31-17-26(22-1-3-24(4-2-22)33(43)41-13-10-35(37,38)11-14-41)15-27-16-30(45-32(27)31)19-40-34(44)42-20-25-9-12-39-18-28(25)21-42/h1-9,12,15-18H,10-11,13-14,19-21H2,(H,40,44). The van der Waals surface area contributed by atoms with Crippen molar-refractivity contribution in [3.8, 4) is 22.3 Å². The molecule has 0 saturated carbocycles. The Morgan fingerprint density at radius 2 is 1.56 bits per heavy atom. The molecule has 0 bridgehead atoms. The van der Waals surface area contributed by atoms with E-state index < -0.39 is 5.92 Å². The van der Waals surface area contributed by atoms with Gasteiger partial charge in [-0.2, -0.15) is 0 Å². The number of hydrogen-bond acceptors (Lipinski definition) is 4. The van der Waals surface area contributed by atoms with E-state index in [1.54, 1.807) is 41.6 Å². The van der Waals surface area contributed by atoms with E-state index in [1.165, 1.54) is 17.0 Å². The van der Waals surface area contributed by atoms with Gasteiger partial charge in [-0.1, -0.05) is 24.3 Å². The van der Waals surface area contributed by atoms with Crippen LogP contribution >= 0.6 is 0 Å². The first-order valence-corrected chi connectivity index (χ1v) is 14.8. The maximum absolute atomic E-state index is 13.8. The number of urea groups is 1. The molecule has 10 heteroatoms. The molecule has 3 aromatic carbocycles. The number of fused-ring (bicyclic) bond motifs is 2. The van der Waals surface area contributed by atoms with Gasteiger partial charge < -0.3 is 19.5 Å². The van der Waals surface area contributed by atoms with E-state index in [1.807, 2.05) is 36.4 Å². The highest BCUT2D eigenvalue weighted by Crippen LogP contribution is 2.36. The number of furan rings is 1. The van der Waals surface area contributed by atoms with E-state index >= 15 is 0 Å². The largest absolute Gasteiger partial charge is 0.459 e. The highest BCUT2D eigenvalue weighted by molar-refractivity contribution is 5.98. The van der Waals surface area contributed by atoms with Crippen molar-refractivity contribution < 1.29 is 27.2 Å². The Labute approximate surface area is 257 Å². The molecule has 1 saturated heterocycles. The summed E-state index contributed by atoms with van der Waals surface area (Å²) in [6.45, 7) is 1.23. The molecular weight excluding hydrogens is 581 g/mol. The molecule has 5 aromatic rings. The minimum Gasteiger partial charge on any atom is -0.459 e. The van der Waals surface area contributed by atoms with Gasteiger partial charge in [0, 0.05) is 67.9 Å². The number of carbonyl (C=O) groups excluding carboxylic acids is 2. The van der Waals surface area contributed by atoms with Gasteiger partial charge in [0.25, 0.3) is 11.8 Å². The summed E-state index contributed by atoms with van der Waals surface area (Å²) in [4.78, 5) is 33.2. The third-order valence-electron chi connectivity index (χ3n) is 8.50. The third-order valence-corrected chi connectivity index (χ3v) is 8.50. The average molecular weight is 611 g/mol. The van der Waals surface area contributed by atoms with E-state index in [-0.39, 0.29) is 50.2 Å². The Bertz CT molecular complexity index is 1870. The van der Waals surface area contributed by atoms with Crippen molar-refractivity contribution in [1.82, 2.24) is 20.1 Å². The Kier molecular flexibility index (Phi) is 7.27. The van der Waals surface area contributed by atoms with Gasteiger partial charge >= 0.3 is 6.03 Å². The Morgan fingerprint density at radius 3 is 2.29 bits per heavy atom. The number of nitrogens with one attached hydrogen (secondary N) is 1. The third kappa shape index (κ3) is 5.87. The fourth-order valence-corrected chi connectivity index (χ4v) is 5.97. The van der Waals surface area contributed by atoms with Crippen LogP contribution in [0.15, 0.2) is 89.6 Å². The SMILES string of the molecule is O=C(NCc1cc2cc(-c3ccc(C(=O)N4CCC(F)(F)CC4)cc3)cc(-c3ccc(F)cc3)c2o1)N1Cc2ccncc2C1. The number of benzene rings is 3. The zero-order chi connectivity index (χ0) is 31.1. The van der Waals surface area contributed by atoms with Crippen LogP contribution in [0.1, 0.15) is 40.1 Å². The second-order valence-corrected chi connectivity index (χ2v) is 11.5. The Balaban J connectivity index is 1.14. The summed E-state index contributed by atoms with van der Waals surface area (Å²) in [5.41, 5.74) is 6.32. The van der Waals surface area contributed by atoms with Gasteiger partial charge in [0.1, 0.15) is 17.2 Å². The first kappa shape index (κ1) is 28.6. The molecule has 228 valence electrons. The number of aromatic nitrogens is 1. The zero-order valence-corrected chi connectivity index (χ0v) is 24.2. The van der Waals surface area contributed by atoms with E-state index in [2.05, 4.69) is 10.3 Å². The molecule has 2 aliphatic heterocycles. The monoisotopic (exact) mass is 610 g/mol. The van der Waals surface area contributed by atoms with Crippen molar-refractivity contribution in [2.75, 3.05) is 13.1 Å². The maximum atomic E-state index is 13.8. The van der Waals surface area contributed by atoms with Crippen LogP contribution in [-0.2, 0) is 19.6 Å². The lowest BCUT2D eigenvalue weighted by molar-refractivity contribution is -0.0494. The van der Waals surface area contributed by atoms with Gasteiger partial charge in [0.15, 0.2) is 0 Å². The Hall–Kier alpha value is -5.12. The molecule has 2 aliphatic rings. The van der Waals surface area contributed by atoms with Crippen LogP contribution in [0, 0.1) is 5.82 Å². The topological polar surface area (TPSA) is 78.7 Å². The van der Waals surface area contributed by atoms with Crippen LogP contribution in [0.2, 0.25) is 0 Å². The number of rotatable bonds is 5. The fraction of sp³-hybridized carbons (Fsp3) is 0.229. The molecule has 2 aromatic heterocycles. The summed E-state index contributed by atoms with van der Waals surface area (Å²) in [5, 5.41) is 3.74. The zero-order valence-electron chi connectivity index (χ0n) is 24.2. The average Bonchev–Trinajstić information content (AvgIpc) is 3.68. The van der Waals surface area contributed by atoms with Crippen LogP contribution in [0.5, 0.6) is 0 Å². The second kappa shape index (κ2) is 11.4. The van der Waals surface area contributed by atoms with Gasteiger partial charge in [-0.05, 0) is 76.3 Å². The minimum absolute atomic E-state index is 0.0255. The fourth-order valence-electron chi connectivity index (χ4n) is 5.97. The number of likely N-dealkylation sites (tertiary alicyclic amines) is 1. The number of nitrogens with zero attached hydrogens (tertiary/aromatic N) is 3. The predicted octanol–water partition coefficient (Wildman–Crippen LogP) is 7.40. The number of hydrogen-bond donors (Lipinski definition) is 1. The molecule has 1 N–H and O–H groups in total. The number of carbonyl (C=O) groups is 2. The van der Waals surface area contributed by atoms with Crippen LogP contribution in [0.4, 0.5) is 18.0 Å². The molecule has 7 nitrogen and oxygen atoms in total. The number of halogens is 3. The molecule has 0 atom stereocenters. The molecule has 7 rings (SSSR count). The van der Waals surface area contributed by atoms with E-state index in [0.717, 1.165) is 38.8 Å². The molecule has 45 heavy (non-hydrogen) atoms. The highest BCUT2D eigenvalue weighted by atomic mass is 19.3. The minimum atomic E-state index is -2.72. The summed E-state index contributed by atoms with van der Waals surface area (Å²) in [5.74, 6) is -2.79. The van der Waals surface area contributed by atoms with Crippen LogP contribution in [0.3, 0.4) is 0 Å². The van der Waals surface area contributed by atoms with Gasteiger partial charge in [-0.15, -0.1) is 0 Å². The van der Waals surface area contributed by atoms with Crippen LogP contribution in [0.25, 0.3) is 33.2 Å². The molecular formula is C35H29F3N4O3. The van der Waals surface area contributed by atoms with Crippen molar-refractivity contribution in [1.29, 1.82) is 0 Å². The van der Waals surface area contributed by atoms with Crippen molar-refractivity contribution in [3.63, 3.8) is 0 Å².